The zero-order valence-electron chi connectivity index (χ0n) is 13.7. The van der Waals surface area contributed by atoms with Crippen molar-refractivity contribution >= 4 is 11.8 Å². The lowest BCUT2D eigenvalue weighted by molar-refractivity contribution is -0.125. The van der Waals surface area contributed by atoms with Crippen molar-refractivity contribution in [1.29, 1.82) is 0 Å². The highest BCUT2D eigenvalue weighted by atomic mass is 16.3. The number of aliphatic hydroxyl groups is 1. The van der Waals surface area contributed by atoms with Gasteiger partial charge in [0.1, 0.15) is 6.04 Å². The van der Waals surface area contributed by atoms with E-state index in [1.165, 1.54) is 6.26 Å². The summed E-state index contributed by atoms with van der Waals surface area (Å²) < 4.78 is 5.06. The number of carbonyl (C=O) groups excluding carboxylic acids is 2. The Morgan fingerprint density at radius 1 is 1.30 bits per heavy atom. The van der Waals surface area contributed by atoms with E-state index in [-0.39, 0.29) is 36.1 Å². The van der Waals surface area contributed by atoms with Crippen LogP contribution in [0.1, 0.15) is 50.1 Å². The maximum Gasteiger partial charge on any atom is 0.287 e. The molecule has 0 saturated heterocycles. The highest BCUT2D eigenvalue weighted by Crippen LogP contribution is 2.23. The van der Waals surface area contributed by atoms with Gasteiger partial charge in [-0.05, 0) is 49.7 Å². The van der Waals surface area contributed by atoms with E-state index < -0.39 is 6.04 Å². The van der Waals surface area contributed by atoms with E-state index in [9.17, 15) is 9.59 Å². The summed E-state index contributed by atoms with van der Waals surface area (Å²) in [6.45, 7) is 4.01. The molecule has 2 rings (SSSR count). The minimum Gasteiger partial charge on any atom is -0.459 e. The molecule has 6 heteroatoms. The molecule has 1 fully saturated rings. The highest BCUT2D eigenvalue weighted by Gasteiger charge is 2.29. The molecule has 1 aromatic rings. The van der Waals surface area contributed by atoms with Crippen LogP contribution in [-0.2, 0) is 4.79 Å². The molecule has 23 heavy (non-hydrogen) atoms. The number of nitrogens with one attached hydrogen (secondary N) is 2. The van der Waals surface area contributed by atoms with Crippen LogP contribution < -0.4 is 10.6 Å². The number of rotatable bonds is 6. The Labute approximate surface area is 136 Å². The molecule has 1 aromatic heterocycles. The first-order valence-electron chi connectivity index (χ1n) is 8.26. The highest BCUT2D eigenvalue weighted by molar-refractivity contribution is 5.95. The van der Waals surface area contributed by atoms with E-state index in [1.54, 1.807) is 12.1 Å². The van der Waals surface area contributed by atoms with Crippen molar-refractivity contribution in [2.75, 3.05) is 6.61 Å². The number of aliphatic hydroxyl groups excluding tert-OH is 1. The number of hydrogen-bond acceptors (Lipinski definition) is 4. The van der Waals surface area contributed by atoms with Gasteiger partial charge in [0.05, 0.1) is 6.26 Å². The van der Waals surface area contributed by atoms with Crippen LogP contribution in [0.25, 0.3) is 0 Å². The Bertz CT molecular complexity index is 505. The van der Waals surface area contributed by atoms with Gasteiger partial charge in [0.2, 0.25) is 5.91 Å². The first kappa shape index (κ1) is 17.5. The summed E-state index contributed by atoms with van der Waals surface area (Å²) in [6, 6.07) is 2.73. The number of amides is 2. The molecular formula is C17H26N2O4. The zero-order chi connectivity index (χ0) is 16.8. The van der Waals surface area contributed by atoms with Crippen molar-refractivity contribution in [3.05, 3.63) is 24.2 Å². The molecular weight excluding hydrogens is 296 g/mol. The molecule has 128 valence electrons. The van der Waals surface area contributed by atoms with Crippen LogP contribution in [-0.4, -0.2) is 35.6 Å². The molecule has 2 amide bonds. The molecule has 0 bridgehead atoms. The molecule has 1 unspecified atom stereocenters. The molecule has 1 saturated carbocycles. The van der Waals surface area contributed by atoms with Crippen LogP contribution >= 0.6 is 0 Å². The van der Waals surface area contributed by atoms with Gasteiger partial charge in [-0.25, -0.2) is 0 Å². The number of carbonyl (C=O) groups is 2. The lowest BCUT2D eigenvalue weighted by atomic mass is 9.86. The standard InChI is InChI=1S/C17H26N2O4/c1-11(2)15(19-16(21)14-4-3-9-23-14)17(22)18-13-7-5-12(10-20)6-8-13/h3-4,9,11-13,15,20H,5-8,10H2,1-2H3,(H,18,22)(H,19,21). The summed E-state index contributed by atoms with van der Waals surface area (Å²) in [5.41, 5.74) is 0. The predicted molar refractivity (Wildman–Crippen MR) is 85.8 cm³/mol. The van der Waals surface area contributed by atoms with Gasteiger partial charge in [-0.15, -0.1) is 0 Å². The van der Waals surface area contributed by atoms with Crippen molar-refractivity contribution in [1.82, 2.24) is 10.6 Å². The predicted octanol–water partition coefficient (Wildman–Crippen LogP) is 1.70. The Morgan fingerprint density at radius 3 is 2.52 bits per heavy atom. The largest absolute Gasteiger partial charge is 0.459 e. The van der Waals surface area contributed by atoms with Crippen LogP contribution in [0.15, 0.2) is 22.8 Å². The van der Waals surface area contributed by atoms with Crippen LogP contribution in [0, 0.1) is 11.8 Å². The van der Waals surface area contributed by atoms with E-state index in [0.717, 1.165) is 25.7 Å². The smallest absolute Gasteiger partial charge is 0.287 e. The molecule has 0 radical (unpaired) electrons. The van der Waals surface area contributed by atoms with Crippen LogP contribution in [0.3, 0.4) is 0 Å². The first-order chi connectivity index (χ1) is 11.0. The zero-order valence-corrected chi connectivity index (χ0v) is 13.7. The van der Waals surface area contributed by atoms with Crippen LogP contribution in [0.2, 0.25) is 0 Å². The van der Waals surface area contributed by atoms with Crippen molar-refractivity contribution in [3.8, 4) is 0 Å². The van der Waals surface area contributed by atoms with Gasteiger partial charge in [-0.1, -0.05) is 13.8 Å². The summed E-state index contributed by atoms with van der Waals surface area (Å²) in [7, 11) is 0. The molecule has 1 atom stereocenters. The topological polar surface area (TPSA) is 91.6 Å². The lowest BCUT2D eigenvalue weighted by Crippen LogP contribution is -2.52. The van der Waals surface area contributed by atoms with Crippen molar-refractivity contribution in [2.45, 2.75) is 51.6 Å². The second kappa shape index (κ2) is 8.15. The minimum atomic E-state index is -0.594. The normalized spacial score (nSPS) is 22.6. The van der Waals surface area contributed by atoms with Crippen LogP contribution in [0.4, 0.5) is 0 Å². The van der Waals surface area contributed by atoms with Gasteiger partial charge in [0.15, 0.2) is 5.76 Å². The molecule has 0 aromatic carbocycles. The maximum absolute atomic E-state index is 12.5. The SMILES string of the molecule is CC(C)C(NC(=O)c1ccco1)C(=O)NC1CCC(CO)CC1. The van der Waals surface area contributed by atoms with Crippen molar-refractivity contribution < 1.29 is 19.1 Å². The fourth-order valence-corrected chi connectivity index (χ4v) is 2.94. The first-order valence-corrected chi connectivity index (χ1v) is 8.26. The second-order valence-corrected chi connectivity index (χ2v) is 6.58. The molecule has 1 aliphatic rings. The molecule has 1 heterocycles. The molecule has 3 N–H and O–H groups in total. The molecule has 6 nitrogen and oxygen atoms in total. The maximum atomic E-state index is 12.5. The summed E-state index contributed by atoms with van der Waals surface area (Å²) in [4.78, 5) is 24.6. The third-order valence-corrected chi connectivity index (χ3v) is 4.43. The van der Waals surface area contributed by atoms with Gasteiger partial charge >= 0.3 is 0 Å². The molecule has 0 aliphatic heterocycles. The summed E-state index contributed by atoms with van der Waals surface area (Å²) in [5, 5.41) is 14.9. The van der Waals surface area contributed by atoms with Gasteiger partial charge in [0.25, 0.3) is 5.91 Å². The van der Waals surface area contributed by atoms with Crippen molar-refractivity contribution in [2.24, 2.45) is 11.8 Å². The van der Waals surface area contributed by atoms with Gasteiger partial charge in [0, 0.05) is 12.6 Å². The minimum absolute atomic E-state index is 0.0253. The van der Waals surface area contributed by atoms with E-state index in [1.807, 2.05) is 13.8 Å². The van der Waals surface area contributed by atoms with Crippen LogP contribution in [0.5, 0.6) is 0 Å². The Balaban J connectivity index is 1.90. The molecule has 0 spiro atoms. The summed E-state index contributed by atoms with van der Waals surface area (Å²) in [5.74, 6) is -0.0162. The van der Waals surface area contributed by atoms with Crippen molar-refractivity contribution in [3.63, 3.8) is 0 Å². The average Bonchev–Trinajstić information content (AvgIpc) is 3.07. The van der Waals surface area contributed by atoms with Gasteiger partial charge in [-0.3, -0.25) is 9.59 Å². The van der Waals surface area contributed by atoms with E-state index in [2.05, 4.69) is 10.6 Å². The fourth-order valence-electron chi connectivity index (χ4n) is 2.94. The third kappa shape index (κ3) is 4.82. The lowest BCUT2D eigenvalue weighted by Gasteiger charge is -2.30. The number of furan rings is 1. The van der Waals surface area contributed by atoms with Gasteiger partial charge < -0.3 is 20.2 Å². The Morgan fingerprint density at radius 2 is 2.00 bits per heavy atom. The Kier molecular flexibility index (Phi) is 6.21. The number of hydrogen-bond donors (Lipinski definition) is 3. The molecule has 1 aliphatic carbocycles. The third-order valence-electron chi connectivity index (χ3n) is 4.43. The second-order valence-electron chi connectivity index (χ2n) is 6.58. The van der Waals surface area contributed by atoms with E-state index in [0.29, 0.717) is 5.92 Å². The summed E-state index contributed by atoms with van der Waals surface area (Å²) >= 11 is 0. The van der Waals surface area contributed by atoms with E-state index in [4.69, 9.17) is 9.52 Å². The van der Waals surface area contributed by atoms with Gasteiger partial charge in [-0.2, -0.15) is 0 Å². The fraction of sp³-hybridized carbons (Fsp3) is 0.647. The average molecular weight is 322 g/mol. The van der Waals surface area contributed by atoms with E-state index >= 15 is 0 Å². The monoisotopic (exact) mass is 322 g/mol. The summed E-state index contributed by atoms with van der Waals surface area (Å²) in [6.07, 6.45) is 5.01. The Hall–Kier alpha value is -1.82. The quantitative estimate of drug-likeness (QED) is 0.743.